The summed E-state index contributed by atoms with van der Waals surface area (Å²) in [5, 5.41) is 8.02. The van der Waals surface area contributed by atoms with Crippen molar-refractivity contribution in [3.8, 4) is 0 Å². The molecule has 0 spiro atoms. The van der Waals surface area contributed by atoms with E-state index in [0.29, 0.717) is 6.42 Å². The van der Waals surface area contributed by atoms with E-state index in [-0.39, 0.29) is 11.3 Å². The Bertz CT molecular complexity index is 613. The fourth-order valence-electron chi connectivity index (χ4n) is 3.37. The van der Waals surface area contributed by atoms with Crippen molar-refractivity contribution in [3.05, 3.63) is 29.8 Å². The Morgan fingerprint density at radius 1 is 1.17 bits per heavy atom. The van der Waals surface area contributed by atoms with Crippen molar-refractivity contribution in [2.75, 3.05) is 0 Å². The molecule has 0 amide bonds. The van der Waals surface area contributed by atoms with E-state index in [9.17, 15) is 18.3 Å². The number of carboxylic acids is 1. The summed E-state index contributed by atoms with van der Waals surface area (Å²) in [5.74, 6) is -0.488. The molecule has 1 aromatic rings. The second-order valence-electron chi connectivity index (χ2n) is 6.62. The molecule has 0 bridgehead atoms. The summed E-state index contributed by atoms with van der Waals surface area (Å²) in [6, 6.07) is 6.40. The van der Waals surface area contributed by atoms with Crippen LogP contribution in [0, 0.1) is 12.8 Å². The smallest absolute Gasteiger partial charge is 0.322 e. The molecule has 1 unspecified atom stereocenters. The van der Waals surface area contributed by atoms with Crippen LogP contribution >= 0.6 is 0 Å². The van der Waals surface area contributed by atoms with E-state index in [4.69, 9.17) is 0 Å². The molecule has 1 fully saturated rings. The lowest BCUT2D eigenvalue weighted by molar-refractivity contribution is -0.136. The van der Waals surface area contributed by atoms with E-state index >= 15 is 0 Å². The molecule has 4 nitrogen and oxygen atoms in total. The van der Waals surface area contributed by atoms with E-state index in [1.165, 1.54) is 37.8 Å². The molecular weight excluding hydrogens is 312 g/mol. The monoisotopic (exact) mass is 338 g/mol. The number of hydrogen-bond donors (Lipinski definition) is 1. The number of aliphatic carboxylic acids is 1. The SMILES string of the molecule is Cc1ccc(S(=O)(=O)C(CCCCC2CCCC2)C(=O)O)cc1. The van der Waals surface area contributed by atoms with Crippen LogP contribution in [0.4, 0.5) is 0 Å². The molecule has 1 N–H and O–H groups in total. The molecule has 0 saturated heterocycles. The van der Waals surface area contributed by atoms with Gasteiger partial charge in [0.2, 0.25) is 0 Å². The predicted molar refractivity (Wildman–Crippen MR) is 90.2 cm³/mol. The highest BCUT2D eigenvalue weighted by atomic mass is 32.2. The van der Waals surface area contributed by atoms with Crippen LogP contribution in [0.3, 0.4) is 0 Å². The molecule has 1 atom stereocenters. The fourth-order valence-corrected chi connectivity index (χ4v) is 4.95. The van der Waals surface area contributed by atoms with Crippen LogP contribution in [0.5, 0.6) is 0 Å². The topological polar surface area (TPSA) is 71.4 Å². The van der Waals surface area contributed by atoms with E-state index < -0.39 is 21.1 Å². The summed E-state index contributed by atoms with van der Waals surface area (Å²) in [4.78, 5) is 11.6. The standard InChI is InChI=1S/C18H26O4S/c1-14-10-12-16(13-11-14)23(21,22)17(18(19)20)9-5-4-8-15-6-2-3-7-15/h10-13,15,17H,2-9H2,1H3,(H,19,20). The number of rotatable bonds is 8. The van der Waals surface area contributed by atoms with Crippen molar-refractivity contribution in [1.29, 1.82) is 0 Å². The quantitative estimate of drug-likeness (QED) is 0.728. The maximum Gasteiger partial charge on any atom is 0.322 e. The highest BCUT2D eigenvalue weighted by molar-refractivity contribution is 7.92. The van der Waals surface area contributed by atoms with Gasteiger partial charge in [-0.1, -0.05) is 62.6 Å². The lowest BCUT2D eigenvalue weighted by Gasteiger charge is -2.14. The molecule has 23 heavy (non-hydrogen) atoms. The fraction of sp³-hybridized carbons (Fsp3) is 0.611. The second-order valence-corrected chi connectivity index (χ2v) is 8.75. The predicted octanol–water partition coefficient (Wildman–Crippen LogP) is 3.97. The Kier molecular flexibility index (Phi) is 6.22. The maximum atomic E-state index is 12.6. The van der Waals surface area contributed by atoms with Gasteiger partial charge in [0.1, 0.15) is 0 Å². The molecular formula is C18H26O4S. The minimum Gasteiger partial charge on any atom is -0.480 e. The molecule has 0 heterocycles. The largest absolute Gasteiger partial charge is 0.480 e. The Balaban J connectivity index is 1.96. The normalized spacial score (nSPS) is 17.3. The molecule has 1 aromatic carbocycles. The van der Waals surface area contributed by atoms with Crippen LogP contribution in [-0.2, 0) is 14.6 Å². The van der Waals surface area contributed by atoms with Gasteiger partial charge >= 0.3 is 5.97 Å². The molecule has 1 aliphatic rings. The highest BCUT2D eigenvalue weighted by Crippen LogP contribution is 2.30. The summed E-state index contributed by atoms with van der Waals surface area (Å²) in [5.41, 5.74) is 0.951. The van der Waals surface area contributed by atoms with Crippen LogP contribution in [0.1, 0.15) is 56.9 Å². The van der Waals surface area contributed by atoms with Gasteiger partial charge in [-0.05, 0) is 31.4 Å². The Morgan fingerprint density at radius 3 is 2.35 bits per heavy atom. The van der Waals surface area contributed by atoms with E-state index in [0.717, 1.165) is 24.3 Å². The van der Waals surface area contributed by atoms with Crippen molar-refractivity contribution in [2.45, 2.75) is 68.4 Å². The lowest BCUT2D eigenvalue weighted by atomic mass is 9.99. The van der Waals surface area contributed by atoms with E-state index in [1.807, 2.05) is 6.92 Å². The minimum atomic E-state index is -3.82. The first-order valence-corrected chi connectivity index (χ1v) is 9.99. The molecule has 5 heteroatoms. The van der Waals surface area contributed by atoms with Gasteiger partial charge in [0.05, 0.1) is 4.90 Å². The minimum absolute atomic E-state index is 0.103. The van der Waals surface area contributed by atoms with Crippen molar-refractivity contribution in [2.24, 2.45) is 5.92 Å². The van der Waals surface area contributed by atoms with Crippen molar-refractivity contribution in [3.63, 3.8) is 0 Å². The van der Waals surface area contributed by atoms with Gasteiger partial charge < -0.3 is 5.11 Å². The van der Waals surface area contributed by atoms with Crippen LogP contribution in [0.25, 0.3) is 0 Å². The second kappa shape index (κ2) is 7.95. The van der Waals surface area contributed by atoms with Gasteiger partial charge in [-0.2, -0.15) is 0 Å². The van der Waals surface area contributed by atoms with E-state index in [1.54, 1.807) is 12.1 Å². The summed E-state index contributed by atoms with van der Waals surface area (Å²) in [6.45, 7) is 1.87. The van der Waals surface area contributed by atoms with Gasteiger partial charge in [-0.3, -0.25) is 4.79 Å². The molecule has 128 valence electrons. The molecule has 1 saturated carbocycles. The third kappa shape index (κ3) is 4.80. The first kappa shape index (κ1) is 18.0. The number of benzene rings is 1. The number of hydrogen-bond acceptors (Lipinski definition) is 3. The molecule has 0 radical (unpaired) electrons. The molecule has 0 aromatic heterocycles. The zero-order valence-electron chi connectivity index (χ0n) is 13.7. The van der Waals surface area contributed by atoms with Crippen LogP contribution in [-0.4, -0.2) is 24.7 Å². The molecule has 0 aliphatic heterocycles. The number of aryl methyl sites for hydroxylation is 1. The van der Waals surface area contributed by atoms with Crippen LogP contribution < -0.4 is 0 Å². The number of sulfone groups is 1. The first-order chi connectivity index (χ1) is 10.9. The third-order valence-corrected chi connectivity index (χ3v) is 6.92. The number of unbranched alkanes of at least 4 members (excludes halogenated alkanes) is 1. The zero-order chi connectivity index (χ0) is 16.9. The lowest BCUT2D eigenvalue weighted by Crippen LogP contribution is -2.30. The average molecular weight is 338 g/mol. The van der Waals surface area contributed by atoms with Gasteiger partial charge in [0.25, 0.3) is 0 Å². The van der Waals surface area contributed by atoms with Gasteiger partial charge in [-0.15, -0.1) is 0 Å². The van der Waals surface area contributed by atoms with Crippen molar-refractivity contribution in [1.82, 2.24) is 0 Å². The van der Waals surface area contributed by atoms with Crippen LogP contribution in [0.2, 0.25) is 0 Å². The summed E-state index contributed by atoms with van der Waals surface area (Å²) in [7, 11) is -3.82. The Hall–Kier alpha value is -1.36. The van der Waals surface area contributed by atoms with Crippen molar-refractivity contribution >= 4 is 15.8 Å². The molecule has 1 aliphatic carbocycles. The molecule has 2 rings (SSSR count). The summed E-state index contributed by atoms with van der Waals surface area (Å²) in [6.07, 6.45) is 7.98. The average Bonchev–Trinajstić information content (AvgIpc) is 3.00. The van der Waals surface area contributed by atoms with Gasteiger partial charge in [0.15, 0.2) is 15.1 Å². The summed E-state index contributed by atoms with van der Waals surface area (Å²) >= 11 is 0. The number of carboxylic acid groups (broad SMARTS) is 1. The first-order valence-electron chi connectivity index (χ1n) is 8.44. The highest BCUT2D eigenvalue weighted by Gasteiger charge is 2.33. The van der Waals surface area contributed by atoms with Crippen LogP contribution in [0.15, 0.2) is 29.2 Å². The Labute approximate surface area is 138 Å². The third-order valence-electron chi connectivity index (χ3n) is 4.80. The zero-order valence-corrected chi connectivity index (χ0v) is 14.5. The maximum absolute atomic E-state index is 12.6. The van der Waals surface area contributed by atoms with E-state index in [2.05, 4.69) is 0 Å². The Morgan fingerprint density at radius 2 is 1.78 bits per heavy atom. The number of carbonyl (C=O) groups is 1. The summed E-state index contributed by atoms with van der Waals surface area (Å²) < 4.78 is 25.1. The van der Waals surface area contributed by atoms with Crippen molar-refractivity contribution < 1.29 is 18.3 Å². The van der Waals surface area contributed by atoms with Gasteiger partial charge in [-0.25, -0.2) is 8.42 Å². The van der Waals surface area contributed by atoms with Gasteiger partial charge in [0, 0.05) is 0 Å².